The predicted molar refractivity (Wildman–Crippen MR) is 82.3 cm³/mol. The molecule has 9 heteroatoms. The Kier molecular flexibility index (Phi) is 4.12. The van der Waals surface area contributed by atoms with Gasteiger partial charge in [0.25, 0.3) is 0 Å². The van der Waals surface area contributed by atoms with Gasteiger partial charge in [-0.3, -0.25) is 0 Å². The van der Waals surface area contributed by atoms with E-state index >= 15 is 0 Å². The van der Waals surface area contributed by atoms with Gasteiger partial charge in [0.2, 0.25) is 10.0 Å². The molecule has 1 saturated heterocycles. The number of anilines is 1. The molecule has 2 aromatic rings. The average molecular weight is 345 g/mol. The van der Waals surface area contributed by atoms with Crippen LogP contribution in [-0.4, -0.2) is 48.9 Å². The number of piperazine rings is 1. The van der Waals surface area contributed by atoms with Crippen molar-refractivity contribution in [2.45, 2.75) is 4.90 Å². The van der Waals surface area contributed by atoms with E-state index in [9.17, 15) is 8.42 Å². The highest BCUT2D eigenvalue weighted by Crippen LogP contribution is 2.25. The van der Waals surface area contributed by atoms with E-state index in [1.54, 1.807) is 23.6 Å². The number of sulfonamides is 1. The van der Waals surface area contributed by atoms with Crippen molar-refractivity contribution < 1.29 is 8.42 Å². The highest BCUT2D eigenvalue weighted by Gasteiger charge is 2.30. The number of nitrogens with zero attached hydrogens (tertiary/aromatic N) is 4. The first-order valence-electron chi connectivity index (χ1n) is 6.34. The zero-order chi connectivity index (χ0) is 14.9. The van der Waals surface area contributed by atoms with E-state index in [-0.39, 0.29) is 10.0 Å². The van der Waals surface area contributed by atoms with Crippen molar-refractivity contribution in [3.63, 3.8) is 0 Å². The Morgan fingerprint density at radius 3 is 2.52 bits per heavy atom. The molecular formula is C12H13ClN4O2S2. The number of hydrogen-bond acceptors (Lipinski definition) is 6. The Hall–Kier alpha value is -1.22. The smallest absolute Gasteiger partial charge is 0.246 e. The molecule has 0 spiro atoms. The molecule has 2 aromatic heterocycles. The fraction of sp³-hybridized carbons (Fsp3) is 0.333. The Balaban J connectivity index is 1.76. The number of pyridine rings is 1. The van der Waals surface area contributed by atoms with Gasteiger partial charge < -0.3 is 4.90 Å². The SMILES string of the molecule is O=S(=O)(c1cccnc1Cl)N1CCN(c2nccs2)CC1. The maximum absolute atomic E-state index is 12.6. The molecule has 0 unspecified atom stereocenters. The number of rotatable bonds is 3. The van der Waals surface area contributed by atoms with E-state index in [0.29, 0.717) is 26.2 Å². The summed E-state index contributed by atoms with van der Waals surface area (Å²) in [4.78, 5) is 10.2. The number of halogens is 1. The van der Waals surface area contributed by atoms with Crippen LogP contribution in [0.1, 0.15) is 0 Å². The molecule has 0 N–H and O–H groups in total. The van der Waals surface area contributed by atoms with Crippen LogP contribution in [0.2, 0.25) is 5.15 Å². The lowest BCUT2D eigenvalue weighted by atomic mass is 10.4. The van der Waals surface area contributed by atoms with Gasteiger partial charge in [-0.25, -0.2) is 18.4 Å². The Labute approximate surface area is 132 Å². The van der Waals surface area contributed by atoms with Crippen molar-refractivity contribution in [1.29, 1.82) is 0 Å². The quantitative estimate of drug-likeness (QED) is 0.793. The molecule has 1 aliphatic rings. The van der Waals surface area contributed by atoms with Gasteiger partial charge in [0, 0.05) is 44.0 Å². The minimum Gasteiger partial charge on any atom is -0.345 e. The molecule has 3 rings (SSSR count). The molecule has 1 aliphatic heterocycles. The molecule has 3 heterocycles. The Morgan fingerprint density at radius 2 is 1.90 bits per heavy atom. The van der Waals surface area contributed by atoms with Crippen LogP contribution in [-0.2, 0) is 10.0 Å². The molecule has 6 nitrogen and oxygen atoms in total. The van der Waals surface area contributed by atoms with E-state index in [4.69, 9.17) is 11.6 Å². The lowest BCUT2D eigenvalue weighted by Gasteiger charge is -2.33. The zero-order valence-corrected chi connectivity index (χ0v) is 13.4. The van der Waals surface area contributed by atoms with Crippen LogP contribution >= 0.6 is 22.9 Å². The van der Waals surface area contributed by atoms with Gasteiger partial charge in [-0.1, -0.05) is 11.6 Å². The maximum atomic E-state index is 12.6. The normalized spacial score (nSPS) is 17.1. The Morgan fingerprint density at radius 1 is 1.14 bits per heavy atom. The van der Waals surface area contributed by atoms with Crippen molar-refractivity contribution in [2.24, 2.45) is 0 Å². The van der Waals surface area contributed by atoms with Crippen LogP contribution in [0, 0.1) is 0 Å². The molecule has 112 valence electrons. The molecular weight excluding hydrogens is 332 g/mol. The van der Waals surface area contributed by atoms with Gasteiger partial charge >= 0.3 is 0 Å². The summed E-state index contributed by atoms with van der Waals surface area (Å²) in [6.45, 7) is 2.05. The monoisotopic (exact) mass is 344 g/mol. The summed E-state index contributed by atoms with van der Waals surface area (Å²) in [5.41, 5.74) is 0. The van der Waals surface area contributed by atoms with Crippen molar-refractivity contribution in [3.05, 3.63) is 35.1 Å². The summed E-state index contributed by atoms with van der Waals surface area (Å²) < 4.78 is 26.6. The molecule has 0 amide bonds. The standard InChI is InChI=1S/C12H13ClN4O2S2/c13-11-10(2-1-3-14-11)21(18,19)17-7-5-16(6-8-17)12-15-4-9-20-12/h1-4,9H,5-8H2. The number of hydrogen-bond donors (Lipinski definition) is 0. The first-order chi connectivity index (χ1) is 10.1. The van der Waals surface area contributed by atoms with Gasteiger partial charge in [-0.2, -0.15) is 4.31 Å². The molecule has 0 saturated carbocycles. The summed E-state index contributed by atoms with van der Waals surface area (Å²) in [5, 5.41) is 2.85. The van der Waals surface area contributed by atoms with Gasteiger partial charge in [-0.15, -0.1) is 11.3 Å². The van der Waals surface area contributed by atoms with E-state index in [1.165, 1.54) is 16.6 Å². The largest absolute Gasteiger partial charge is 0.345 e. The van der Waals surface area contributed by atoms with Crippen molar-refractivity contribution in [2.75, 3.05) is 31.1 Å². The summed E-state index contributed by atoms with van der Waals surface area (Å²) in [6, 6.07) is 3.06. The highest BCUT2D eigenvalue weighted by molar-refractivity contribution is 7.89. The van der Waals surface area contributed by atoms with Gasteiger partial charge in [0.1, 0.15) is 10.0 Å². The van der Waals surface area contributed by atoms with Crippen LogP contribution in [0.5, 0.6) is 0 Å². The second-order valence-electron chi connectivity index (χ2n) is 4.50. The van der Waals surface area contributed by atoms with Crippen molar-refractivity contribution in [1.82, 2.24) is 14.3 Å². The minimum absolute atomic E-state index is 0.0138. The third kappa shape index (κ3) is 2.89. The highest BCUT2D eigenvalue weighted by atomic mass is 35.5. The second-order valence-corrected chi connectivity index (χ2v) is 7.64. The summed E-state index contributed by atoms with van der Waals surface area (Å²) >= 11 is 7.45. The molecule has 1 fully saturated rings. The van der Waals surface area contributed by atoms with Crippen molar-refractivity contribution >= 4 is 38.1 Å². The van der Waals surface area contributed by atoms with Gasteiger partial charge in [0.15, 0.2) is 5.13 Å². The summed E-state index contributed by atoms with van der Waals surface area (Å²) in [5.74, 6) is 0. The summed E-state index contributed by atoms with van der Waals surface area (Å²) in [7, 11) is -3.59. The molecule has 0 bridgehead atoms. The van der Waals surface area contributed by atoms with Crippen LogP contribution in [0.25, 0.3) is 0 Å². The Bertz CT molecular complexity index is 713. The predicted octanol–water partition coefficient (Wildman–Crippen LogP) is 1.70. The van der Waals surface area contributed by atoms with E-state index in [0.717, 1.165) is 5.13 Å². The third-order valence-corrected chi connectivity index (χ3v) is 6.45. The molecule has 0 atom stereocenters. The average Bonchev–Trinajstić information content (AvgIpc) is 3.02. The first-order valence-corrected chi connectivity index (χ1v) is 9.04. The van der Waals surface area contributed by atoms with Gasteiger partial charge in [-0.05, 0) is 12.1 Å². The first kappa shape index (κ1) is 14.7. The molecule has 21 heavy (non-hydrogen) atoms. The van der Waals surface area contributed by atoms with Crippen LogP contribution < -0.4 is 4.90 Å². The summed E-state index contributed by atoms with van der Waals surface area (Å²) in [6.07, 6.45) is 3.22. The maximum Gasteiger partial charge on any atom is 0.246 e. The minimum atomic E-state index is -3.59. The lowest BCUT2D eigenvalue weighted by Crippen LogP contribution is -2.48. The topological polar surface area (TPSA) is 66.4 Å². The van der Waals surface area contributed by atoms with Gasteiger partial charge in [0.05, 0.1) is 0 Å². The molecule has 0 radical (unpaired) electrons. The zero-order valence-electron chi connectivity index (χ0n) is 11.0. The fourth-order valence-electron chi connectivity index (χ4n) is 2.19. The molecule has 0 aliphatic carbocycles. The van der Waals surface area contributed by atoms with E-state index in [1.807, 2.05) is 5.38 Å². The van der Waals surface area contributed by atoms with Crippen LogP contribution in [0.15, 0.2) is 34.8 Å². The van der Waals surface area contributed by atoms with Crippen LogP contribution in [0.4, 0.5) is 5.13 Å². The van der Waals surface area contributed by atoms with Crippen LogP contribution in [0.3, 0.4) is 0 Å². The lowest BCUT2D eigenvalue weighted by molar-refractivity contribution is 0.384. The fourth-order valence-corrected chi connectivity index (χ4v) is 4.74. The van der Waals surface area contributed by atoms with E-state index < -0.39 is 10.0 Å². The third-order valence-electron chi connectivity index (χ3n) is 3.27. The van der Waals surface area contributed by atoms with Crippen molar-refractivity contribution in [3.8, 4) is 0 Å². The van der Waals surface area contributed by atoms with E-state index in [2.05, 4.69) is 14.9 Å². The molecule has 0 aromatic carbocycles. The number of thiazole rings is 1. The number of aromatic nitrogens is 2. The second kappa shape index (κ2) is 5.88.